The molecule has 0 aliphatic carbocycles. The van der Waals surface area contributed by atoms with E-state index < -0.39 is 44.8 Å². The van der Waals surface area contributed by atoms with Gasteiger partial charge in [-0.15, -0.1) is 0 Å². The minimum absolute atomic E-state index is 0.0865. The van der Waals surface area contributed by atoms with Crippen molar-refractivity contribution in [2.45, 2.75) is 55.9 Å². The normalized spacial score (nSPS) is 13.8. The number of amides is 2. The number of carbonyl (C=O) groups excluding carboxylic acids is 2. The second-order valence-electron chi connectivity index (χ2n) is 7.61. The van der Waals surface area contributed by atoms with E-state index in [4.69, 9.17) is 10.5 Å². The van der Waals surface area contributed by atoms with Crippen molar-refractivity contribution in [3.63, 3.8) is 0 Å². The number of alkyl carbamates (subject to hydrolysis) is 1. The molecule has 0 heterocycles. The summed E-state index contributed by atoms with van der Waals surface area (Å²) < 4.78 is 31.0. The topological polar surface area (TPSA) is 165 Å². The van der Waals surface area contributed by atoms with Crippen LogP contribution in [0, 0.1) is 0 Å². The summed E-state index contributed by atoms with van der Waals surface area (Å²) in [6.45, 7) is 5.85. The average molecular weight is 444 g/mol. The molecule has 0 fully saturated rings. The van der Waals surface area contributed by atoms with Crippen molar-refractivity contribution in [3.05, 3.63) is 29.8 Å². The minimum atomic E-state index is -4.52. The first-order valence-corrected chi connectivity index (χ1v) is 10.8. The molecule has 0 spiro atoms. The van der Waals surface area contributed by atoms with E-state index in [0.29, 0.717) is 12.0 Å². The Morgan fingerprint density at radius 1 is 1.13 bits per heavy atom. The zero-order chi connectivity index (χ0) is 23.2. The van der Waals surface area contributed by atoms with Gasteiger partial charge in [0.25, 0.3) is 0 Å². The fourth-order valence-electron chi connectivity index (χ4n) is 2.45. The molecule has 168 valence electrons. The standard InChI is InChI=1S/C19H29N3O7S/c1-5-13-8-6-7-9-14(13)30(27,28)19(20,16(24)25)12-22-15(23)10-11-21-17(26)29-18(2,3)4/h6-9H,5,10-12,20H2,1-4H3,(H,21,26)(H,22,23)(H,24,25). The maximum absolute atomic E-state index is 13.0. The Kier molecular flexibility index (Phi) is 8.37. The number of benzene rings is 1. The van der Waals surface area contributed by atoms with Crippen LogP contribution in [0.4, 0.5) is 4.79 Å². The Morgan fingerprint density at radius 2 is 1.73 bits per heavy atom. The highest BCUT2D eigenvalue weighted by Crippen LogP contribution is 2.25. The molecule has 1 aromatic carbocycles. The number of hydrogen-bond donors (Lipinski definition) is 4. The molecule has 1 aromatic rings. The molecule has 0 bridgehead atoms. The third-order valence-corrected chi connectivity index (χ3v) is 6.31. The Morgan fingerprint density at radius 3 is 2.27 bits per heavy atom. The van der Waals surface area contributed by atoms with Crippen molar-refractivity contribution in [1.82, 2.24) is 10.6 Å². The van der Waals surface area contributed by atoms with Crippen molar-refractivity contribution in [3.8, 4) is 0 Å². The van der Waals surface area contributed by atoms with Crippen molar-refractivity contribution in [2.24, 2.45) is 5.73 Å². The van der Waals surface area contributed by atoms with Crippen LogP contribution in [0.2, 0.25) is 0 Å². The fourth-order valence-corrected chi connectivity index (χ4v) is 4.15. The number of carbonyl (C=O) groups is 3. The lowest BCUT2D eigenvalue weighted by Gasteiger charge is -2.26. The Hall–Kier alpha value is -2.66. The van der Waals surface area contributed by atoms with E-state index in [9.17, 15) is 27.9 Å². The number of aliphatic carboxylic acids is 1. The summed E-state index contributed by atoms with van der Waals surface area (Å²) in [4.78, 5) is 32.4. The smallest absolute Gasteiger partial charge is 0.407 e. The summed E-state index contributed by atoms with van der Waals surface area (Å²) >= 11 is 0. The maximum Gasteiger partial charge on any atom is 0.407 e. The molecular formula is C19H29N3O7S. The lowest BCUT2D eigenvalue weighted by atomic mass is 10.2. The van der Waals surface area contributed by atoms with Gasteiger partial charge in [0.1, 0.15) is 5.60 Å². The van der Waals surface area contributed by atoms with Gasteiger partial charge in [-0.1, -0.05) is 25.1 Å². The largest absolute Gasteiger partial charge is 0.479 e. The van der Waals surface area contributed by atoms with Crippen molar-refractivity contribution >= 4 is 27.8 Å². The summed E-state index contributed by atoms with van der Waals surface area (Å²) in [7, 11) is -4.52. The average Bonchev–Trinajstić information content (AvgIpc) is 2.64. The van der Waals surface area contributed by atoms with Gasteiger partial charge in [-0.2, -0.15) is 0 Å². The number of nitrogens with two attached hydrogens (primary N) is 1. The van der Waals surface area contributed by atoms with Gasteiger partial charge in [-0.25, -0.2) is 18.0 Å². The van der Waals surface area contributed by atoms with Crippen molar-refractivity contribution in [1.29, 1.82) is 0 Å². The molecule has 11 heteroatoms. The van der Waals surface area contributed by atoms with Crippen LogP contribution in [0.15, 0.2) is 29.2 Å². The lowest BCUT2D eigenvalue weighted by Crippen LogP contribution is -2.61. The summed E-state index contributed by atoms with van der Waals surface area (Å²) in [6.07, 6.45) is -0.582. The molecule has 5 N–H and O–H groups in total. The van der Waals surface area contributed by atoms with E-state index >= 15 is 0 Å². The quantitative estimate of drug-likeness (QED) is 0.435. The first-order chi connectivity index (χ1) is 13.7. The predicted octanol–water partition coefficient (Wildman–Crippen LogP) is 0.793. The van der Waals surface area contributed by atoms with Gasteiger partial charge in [-0.05, 0) is 38.8 Å². The summed E-state index contributed by atoms with van der Waals surface area (Å²) in [6, 6.07) is 5.95. The highest BCUT2D eigenvalue weighted by molar-refractivity contribution is 7.93. The molecule has 1 atom stereocenters. The number of sulfone groups is 1. The molecule has 0 radical (unpaired) electrons. The summed E-state index contributed by atoms with van der Waals surface area (Å²) in [5, 5.41) is 14.1. The van der Waals surface area contributed by atoms with Crippen LogP contribution in [-0.2, 0) is 30.6 Å². The minimum Gasteiger partial charge on any atom is -0.479 e. The summed E-state index contributed by atoms with van der Waals surface area (Å²) in [5.41, 5.74) is 5.50. The molecule has 0 aliphatic heterocycles. The molecule has 30 heavy (non-hydrogen) atoms. The molecule has 1 rings (SSSR count). The Labute approximate surface area is 176 Å². The van der Waals surface area contributed by atoms with Crippen LogP contribution in [0.25, 0.3) is 0 Å². The van der Waals surface area contributed by atoms with Crippen LogP contribution < -0.4 is 16.4 Å². The van der Waals surface area contributed by atoms with E-state index in [0.717, 1.165) is 0 Å². The van der Waals surface area contributed by atoms with Gasteiger partial charge in [-0.3, -0.25) is 4.79 Å². The SMILES string of the molecule is CCc1ccccc1S(=O)(=O)C(N)(CNC(=O)CCNC(=O)OC(C)(C)C)C(=O)O. The molecule has 1 unspecified atom stereocenters. The number of carboxylic acid groups (broad SMARTS) is 1. The number of aryl methyl sites for hydroxylation is 1. The zero-order valence-corrected chi connectivity index (χ0v) is 18.3. The number of ether oxygens (including phenoxy) is 1. The van der Waals surface area contributed by atoms with Crippen LogP contribution in [-0.4, -0.2) is 55.1 Å². The predicted molar refractivity (Wildman–Crippen MR) is 109 cm³/mol. The number of carboxylic acids is 1. The second kappa shape index (κ2) is 9.90. The lowest BCUT2D eigenvalue weighted by molar-refractivity contribution is -0.140. The van der Waals surface area contributed by atoms with Gasteiger partial charge in [0, 0.05) is 13.0 Å². The van der Waals surface area contributed by atoms with Crippen LogP contribution in [0.3, 0.4) is 0 Å². The highest BCUT2D eigenvalue weighted by atomic mass is 32.2. The third kappa shape index (κ3) is 6.42. The van der Waals surface area contributed by atoms with Gasteiger partial charge in [0.2, 0.25) is 20.6 Å². The molecule has 2 amide bonds. The van der Waals surface area contributed by atoms with Crippen molar-refractivity contribution < 1.29 is 32.6 Å². The van der Waals surface area contributed by atoms with E-state index in [1.54, 1.807) is 39.8 Å². The van der Waals surface area contributed by atoms with E-state index in [1.807, 2.05) is 0 Å². The summed E-state index contributed by atoms with van der Waals surface area (Å²) in [5.74, 6) is -2.47. The van der Waals surface area contributed by atoms with Crippen molar-refractivity contribution in [2.75, 3.05) is 13.1 Å². The van der Waals surface area contributed by atoms with E-state index in [-0.39, 0.29) is 17.9 Å². The van der Waals surface area contributed by atoms with Gasteiger partial charge in [0.15, 0.2) is 0 Å². The molecule has 10 nitrogen and oxygen atoms in total. The maximum atomic E-state index is 13.0. The van der Waals surface area contributed by atoms with E-state index in [2.05, 4.69) is 10.6 Å². The molecule has 0 saturated carbocycles. The number of hydrogen-bond acceptors (Lipinski definition) is 7. The van der Waals surface area contributed by atoms with Gasteiger partial charge >= 0.3 is 12.1 Å². The second-order valence-corrected chi connectivity index (χ2v) is 9.79. The molecule has 0 aliphatic rings. The van der Waals surface area contributed by atoms with Gasteiger partial charge < -0.3 is 26.2 Å². The third-order valence-electron chi connectivity index (χ3n) is 4.05. The first kappa shape index (κ1) is 25.4. The van der Waals surface area contributed by atoms with Crippen LogP contribution in [0.5, 0.6) is 0 Å². The molecular weight excluding hydrogens is 414 g/mol. The first-order valence-electron chi connectivity index (χ1n) is 9.33. The fraction of sp³-hybridized carbons (Fsp3) is 0.526. The van der Waals surface area contributed by atoms with Crippen LogP contribution in [0.1, 0.15) is 39.7 Å². The zero-order valence-electron chi connectivity index (χ0n) is 17.5. The molecule has 0 saturated heterocycles. The van der Waals surface area contributed by atoms with E-state index in [1.165, 1.54) is 12.1 Å². The number of rotatable bonds is 9. The monoisotopic (exact) mass is 443 g/mol. The van der Waals surface area contributed by atoms with Gasteiger partial charge in [0.05, 0.1) is 11.4 Å². The number of nitrogens with one attached hydrogen (secondary N) is 2. The highest BCUT2D eigenvalue weighted by Gasteiger charge is 2.49. The molecule has 0 aromatic heterocycles. The Balaban J connectivity index is 2.83. The van der Waals surface area contributed by atoms with Crippen LogP contribution >= 0.6 is 0 Å². The Bertz CT molecular complexity index is 894.